The lowest BCUT2D eigenvalue weighted by molar-refractivity contribution is 0.0737. The highest BCUT2D eigenvalue weighted by Crippen LogP contribution is 2.29. The third kappa shape index (κ3) is 3.94. The highest BCUT2D eigenvalue weighted by molar-refractivity contribution is 9.10. The van der Waals surface area contributed by atoms with E-state index in [0.29, 0.717) is 11.3 Å². The Morgan fingerprint density at radius 3 is 2.26 bits per heavy atom. The van der Waals surface area contributed by atoms with Crippen molar-refractivity contribution in [3.8, 4) is 17.0 Å². The van der Waals surface area contributed by atoms with Gasteiger partial charge in [0, 0.05) is 19.9 Å². The van der Waals surface area contributed by atoms with Gasteiger partial charge in [-0.1, -0.05) is 62.2 Å². The fourth-order valence-electron chi connectivity index (χ4n) is 2.79. The van der Waals surface area contributed by atoms with Crippen molar-refractivity contribution in [3.05, 3.63) is 93.4 Å². The second kappa shape index (κ2) is 7.62. The summed E-state index contributed by atoms with van der Waals surface area (Å²) in [6.45, 7) is 0. The van der Waals surface area contributed by atoms with Gasteiger partial charge in [-0.05, 0) is 48.5 Å². The number of fused-ring (bicyclic) bond motifs is 1. The molecule has 0 fully saturated rings. The predicted molar refractivity (Wildman–Crippen MR) is 114 cm³/mol. The van der Waals surface area contributed by atoms with Gasteiger partial charge >= 0.3 is 5.97 Å². The first kappa shape index (κ1) is 17.9. The monoisotopic (exact) mass is 481 g/mol. The summed E-state index contributed by atoms with van der Waals surface area (Å²) >= 11 is 6.91. The number of aromatic nitrogens is 1. The molecule has 132 valence electrons. The van der Waals surface area contributed by atoms with Crippen LogP contribution in [0.2, 0.25) is 0 Å². The summed E-state index contributed by atoms with van der Waals surface area (Å²) in [5, 5.41) is 0.742. The number of ether oxygens (including phenoxy) is 1. The van der Waals surface area contributed by atoms with Crippen LogP contribution in [0.1, 0.15) is 10.4 Å². The first-order valence-corrected chi connectivity index (χ1v) is 9.82. The number of nitrogens with zero attached hydrogens (tertiary/aromatic N) is 1. The average Bonchev–Trinajstić information content (AvgIpc) is 2.68. The molecule has 0 saturated carbocycles. The normalized spacial score (nSPS) is 10.7. The van der Waals surface area contributed by atoms with E-state index in [4.69, 9.17) is 9.72 Å². The maximum absolute atomic E-state index is 12.9. The van der Waals surface area contributed by atoms with Gasteiger partial charge in [-0.2, -0.15) is 0 Å². The van der Waals surface area contributed by atoms with Gasteiger partial charge in [-0.25, -0.2) is 9.78 Å². The number of hydrogen-bond acceptors (Lipinski definition) is 3. The first-order valence-electron chi connectivity index (χ1n) is 8.23. The molecule has 0 N–H and O–H groups in total. The molecular formula is C22H13Br2NO2. The molecule has 0 atom stereocenters. The number of carbonyl (C=O) groups excluding carboxylic acids is 1. The third-order valence-corrected chi connectivity index (χ3v) is 5.11. The summed E-state index contributed by atoms with van der Waals surface area (Å²) in [6, 6.07) is 24.3. The number of benzene rings is 3. The lowest BCUT2D eigenvalue weighted by atomic mass is 10.0. The van der Waals surface area contributed by atoms with E-state index in [-0.39, 0.29) is 0 Å². The maximum atomic E-state index is 12.9. The number of pyridine rings is 1. The minimum absolute atomic E-state index is 0.412. The highest BCUT2D eigenvalue weighted by atomic mass is 79.9. The largest absolute Gasteiger partial charge is 0.423 e. The molecule has 0 aliphatic carbocycles. The Bertz CT molecular complexity index is 1130. The molecule has 0 spiro atoms. The number of carbonyl (C=O) groups is 1. The van der Waals surface area contributed by atoms with E-state index in [9.17, 15) is 4.79 Å². The molecule has 1 heterocycles. The van der Waals surface area contributed by atoms with Crippen molar-refractivity contribution in [2.75, 3.05) is 0 Å². The topological polar surface area (TPSA) is 39.2 Å². The summed E-state index contributed by atoms with van der Waals surface area (Å²) in [5.41, 5.74) is 2.86. The molecule has 27 heavy (non-hydrogen) atoms. The van der Waals surface area contributed by atoms with Gasteiger partial charge in [0.15, 0.2) is 0 Å². The van der Waals surface area contributed by atoms with Crippen molar-refractivity contribution in [2.45, 2.75) is 0 Å². The maximum Gasteiger partial charge on any atom is 0.344 e. The van der Waals surface area contributed by atoms with Crippen LogP contribution in [0.5, 0.6) is 5.75 Å². The van der Waals surface area contributed by atoms with Crippen molar-refractivity contribution in [3.63, 3.8) is 0 Å². The van der Waals surface area contributed by atoms with Crippen LogP contribution in [0, 0.1) is 0 Å². The molecule has 5 heteroatoms. The summed E-state index contributed by atoms with van der Waals surface area (Å²) in [7, 11) is 0. The van der Waals surface area contributed by atoms with Gasteiger partial charge in [-0.3, -0.25) is 0 Å². The Balaban J connectivity index is 1.84. The standard InChI is InChI=1S/C22H13Br2NO2/c23-15-8-6-14(7-9-15)21-13-19(18-12-16(24)10-11-20(18)25-21)22(26)27-17-4-2-1-3-5-17/h1-13H. The lowest BCUT2D eigenvalue weighted by Gasteiger charge is -2.10. The highest BCUT2D eigenvalue weighted by Gasteiger charge is 2.16. The van der Waals surface area contributed by atoms with Crippen molar-refractivity contribution in [1.29, 1.82) is 0 Å². The molecule has 0 unspecified atom stereocenters. The molecule has 4 rings (SSSR count). The fourth-order valence-corrected chi connectivity index (χ4v) is 3.41. The van der Waals surface area contributed by atoms with E-state index in [1.165, 1.54) is 0 Å². The van der Waals surface area contributed by atoms with Crippen LogP contribution in [0.4, 0.5) is 0 Å². The van der Waals surface area contributed by atoms with Crippen molar-refractivity contribution in [1.82, 2.24) is 4.98 Å². The molecule has 0 amide bonds. The number of rotatable bonds is 3. The molecule has 0 bridgehead atoms. The quantitative estimate of drug-likeness (QED) is 0.242. The van der Waals surface area contributed by atoms with Crippen molar-refractivity contribution < 1.29 is 9.53 Å². The Kier molecular flexibility index (Phi) is 5.05. The smallest absolute Gasteiger partial charge is 0.344 e. The van der Waals surface area contributed by atoms with E-state index in [1.54, 1.807) is 18.2 Å². The second-order valence-electron chi connectivity index (χ2n) is 5.93. The van der Waals surface area contributed by atoms with Crippen LogP contribution in [0.15, 0.2) is 87.8 Å². The number of esters is 1. The summed E-state index contributed by atoms with van der Waals surface area (Å²) in [5.74, 6) is 0.0951. The molecule has 1 aromatic heterocycles. The fraction of sp³-hybridized carbons (Fsp3) is 0. The Hall–Kier alpha value is -2.50. The van der Waals surface area contributed by atoms with Gasteiger partial charge in [0.25, 0.3) is 0 Å². The molecule has 0 radical (unpaired) electrons. The van der Waals surface area contributed by atoms with Crippen LogP contribution < -0.4 is 4.74 Å². The zero-order valence-corrected chi connectivity index (χ0v) is 17.2. The average molecular weight is 483 g/mol. The van der Waals surface area contributed by atoms with Crippen molar-refractivity contribution in [2.24, 2.45) is 0 Å². The number of halogens is 2. The summed E-state index contributed by atoms with van der Waals surface area (Å²) < 4.78 is 7.43. The lowest BCUT2D eigenvalue weighted by Crippen LogP contribution is -2.10. The number of para-hydroxylation sites is 1. The van der Waals surface area contributed by atoms with Crippen LogP contribution in [-0.2, 0) is 0 Å². The van der Waals surface area contributed by atoms with Gasteiger partial charge in [0.1, 0.15) is 5.75 Å². The summed E-state index contributed by atoms with van der Waals surface area (Å²) in [4.78, 5) is 17.6. The summed E-state index contributed by atoms with van der Waals surface area (Å²) in [6.07, 6.45) is 0. The van der Waals surface area contributed by atoms with Crippen LogP contribution in [0.25, 0.3) is 22.2 Å². The van der Waals surface area contributed by atoms with E-state index in [1.807, 2.05) is 60.7 Å². The van der Waals surface area contributed by atoms with Crippen LogP contribution in [0.3, 0.4) is 0 Å². The molecule has 0 saturated heterocycles. The molecular weight excluding hydrogens is 470 g/mol. The zero-order valence-electron chi connectivity index (χ0n) is 14.0. The predicted octanol–water partition coefficient (Wildman–Crippen LogP) is 6.65. The van der Waals surface area contributed by atoms with E-state index >= 15 is 0 Å². The molecule has 0 aliphatic rings. The van der Waals surface area contributed by atoms with Gasteiger partial charge in [0.05, 0.1) is 16.8 Å². The Morgan fingerprint density at radius 2 is 1.52 bits per heavy atom. The first-order chi connectivity index (χ1) is 13.1. The van der Waals surface area contributed by atoms with E-state index in [2.05, 4.69) is 31.9 Å². The van der Waals surface area contributed by atoms with Gasteiger partial charge in [-0.15, -0.1) is 0 Å². The second-order valence-corrected chi connectivity index (χ2v) is 7.76. The molecule has 0 aliphatic heterocycles. The molecule has 3 nitrogen and oxygen atoms in total. The van der Waals surface area contributed by atoms with Crippen LogP contribution in [-0.4, -0.2) is 11.0 Å². The van der Waals surface area contributed by atoms with Crippen molar-refractivity contribution >= 4 is 48.7 Å². The van der Waals surface area contributed by atoms with Gasteiger partial charge < -0.3 is 4.74 Å². The molecule has 4 aromatic rings. The Morgan fingerprint density at radius 1 is 0.815 bits per heavy atom. The third-order valence-electron chi connectivity index (χ3n) is 4.08. The van der Waals surface area contributed by atoms with Crippen LogP contribution >= 0.6 is 31.9 Å². The zero-order chi connectivity index (χ0) is 18.8. The Labute approximate surface area is 173 Å². The minimum Gasteiger partial charge on any atom is -0.423 e. The number of hydrogen-bond donors (Lipinski definition) is 0. The van der Waals surface area contributed by atoms with E-state index in [0.717, 1.165) is 31.1 Å². The minimum atomic E-state index is -0.412. The van der Waals surface area contributed by atoms with E-state index < -0.39 is 5.97 Å². The SMILES string of the molecule is O=C(Oc1ccccc1)c1cc(-c2ccc(Br)cc2)nc2ccc(Br)cc12. The molecule has 3 aromatic carbocycles. The van der Waals surface area contributed by atoms with Gasteiger partial charge in [0.2, 0.25) is 0 Å².